The molecule has 2 aromatic rings. The number of pyridine rings is 2. The smallest absolute Gasteiger partial charge is 0.328 e. The highest BCUT2D eigenvalue weighted by Crippen LogP contribution is 2.09. The van der Waals surface area contributed by atoms with E-state index in [2.05, 4.69) is 25.7 Å². The second kappa shape index (κ2) is 12.0. The third-order valence-corrected chi connectivity index (χ3v) is 4.24. The van der Waals surface area contributed by atoms with Gasteiger partial charge >= 0.3 is 5.97 Å². The molecule has 2 heterocycles. The quantitative estimate of drug-likeness (QED) is 0.292. The van der Waals surface area contributed by atoms with Gasteiger partial charge in [-0.2, -0.15) is 0 Å². The average Bonchev–Trinajstić information content (AvgIpc) is 2.78. The summed E-state index contributed by atoms with van der Waals surface area (Å²) in [6.45, 7) is 0.461. The lowest BCUT2D eigenvalue weighted by atomic mass is 10.1. The summed E-state index contributed by atoms with van der Waals surface area (Å²) in [4.78, 5) is 44.1. The van der Waals surface area contributed by atoms with Crippen LogP contribution < -0.4 is 10.6 Å². The number of rotatable bonds is 11. The van der Waals surface area contributed by atoms with Crippen molar-refractivity contribution in [3.8, 4) is 0 Å². The van der Waals surface area contributed by atoms with Crippen LogP contribution in [0.1, 0.15) is 35.2 Å². The molecular weight excluding hydrogens is 388 g/mol. The fourth-order valence-corrected chi connectivity index (χ4v) is 2.67. The Morgan fingerprint density at radius 2 is 2.03 bits per heavy atom. The molecular formula is C20H24N6O4. The number of ether oxygens (including phenoxy) is 1. The van der Waals surface area contributed by atoms with E-state index in [-0.39, 0.29) is 23.7 Å². The number of unbranched alkanes of at least 4 members (excludes halogenated alkanes) is 1. The van der Waals surface area contributed by atoms with Crippen LogP contribution in [0.4, 0.5) is 5.82 Å². The number of amides is 2. The normalized spacial score (nSPS) is 11.2. The third-order valence-electron chi connectivity index (χ3n) is 4.24. The van der Waals surface area contributed by atoms with E-state index >= 15 is 0 Å². The highest BCUT2D eigenvalue weighted by atomic mass is 16.5. The van der Waals surface area contributed by atoms with Crippen LogP contribution in [0, 0.1) is 5.53 Å². The molecule has 0 bridgehead atoms. The highest BCUT2D eigenvalue weighted by Gasteiger charge is 2.22. The molecule has 0 aliphatic heterocycles. The Labute approximate surface area is 174 Å². The van der Waals surface area contributed by atoms with E-state index in [9.17, 15) is 14.4 Å². The van der Waals surface area contributed by atoms with E-state index in [1.54, 1.807) is 18.5 Å². The van der Waals surface area contributed by atoms with Crippen molar-refractivity contribution in [1.82, 2.24) is 20.6 Å². The molecule has 30 heavy (non-hydrogen) atoms. The van der Waals surface area contributed by atoms with Crippen molar-refractivity contribution in [1.29, 1.82) is 5.53 Å². The zero-order chi connectivity index (χ0) is 21.8. The van der Waals surface area contributed by atoms with Crippen LogP contribution in [0.25, 0.3) is 0 Å². The number of methoxy groups -OCH3 is 1. The Morgan fingerprint density at radius 1 is 1.20 bits per heavy atom. The SMILES string of the molecule is COC(=O)C(CCCCNC(=O)Cc1cccnc1)NC(=O)c1ccc(N=N)nc1. The van der Waals surface area contributed by atoms with Crippen LogP contribution in [0.5, 0.6) is 0 Å². The molecule has 10 heteroatoms. The number of esters is 1. The Balaban J connectivity index is 1.76. The van der Waals surface area contributed by atoms with Gasteiger partial charge in [0.25, 0.3) is 5.91 Å². The summed E-state index contributed by atoms with van der Waals surface area (Å²) in [5.41, 5.74) is 7.96. The predicted octanol–water partition coefficient (Wildman–Crippen LogP) is 1.94. The van der Waals surface area contributed by atoms with Gasteiger partial charge in [-0.1, -0.05) is 6.07 Å². The van der Waals surface area contributed by atoms with Crippen LogP contribution in [0.15, 0.2) is 48.0 Å². The predicted molar refractivity (Wildman–Crippen MR) is 107 cm³/mol. The number of carbonyl (C=O) groups excluding carboxylic acids is 3. The van der Waals surface area contributed by atoms with Crippen LogP contribution >= 0.6 is 0 Å². The molecule has 2 rings (SSSR count). The minimum atomic E-state index is -0.811. The van der Waals surface area contributed by atoms with Crippen molar-refractivity contribution in [3.63, 3.8) is 0 Å². The monoisotopic (exact) mass is 412 g/mol. The van der Waals surface area contributed by atoms with Crippen molar-refractivity contribution < 1.29 is 19.1 Å². The van der Waals surface area contributed by atoms with Crippen LogP contribution in [0.3, 0.4) is 0 Å². The Hall–Kier alpha value is -3.69. The zero-order valence-electron chi connectivity index (χ0n) is 16.6. The molecule has 0 radical (unpaired) electrons. The van der Waals surface area contributed by atoms with Crippen molar-refractivity contribution in [2.45, 2.75) is 31.7 Å². The molecule has 0 aliphatic rings. The molecule has 10 nitrogen and oxygen atoms in total. The van der Waals surface area contributed by atoms with Gasteiger partial charge in [0, 0.05) is 25.1 Å². The summed E-state index contributed by atoms with van der Waals surface area (Å²) in [5.74, 6) is -0.938. The van der Waals surface area contributed by atoms with Crippen LogP contribution in [-0.2, 0) is 20.7 Å². The minimum Gasteiger partial charge on any atom is -0.467 e. The number of nitrogens with one attached hydrogen (secondary N) is 3. The Morgan fingerprint density at radius 3 is 2.67 bits per heavy atom. The molecule has 0 aliphatic carbocycles. The second-order valence-corrected chi connectivity index (χ2v) is 6.45. The standard InChI is InChI=1S/C20H24N6O4/c1-30-20(29)16(25-19(28)15-7-8-17(26-21)24-13-15)6-2-3-10-23-18(27)11-14-5-4-9-22-12-14/h4-5,7-9,12-13,16,21H,2-3,6,10-11H2,1H3,(H,23,27)(H,25,28). The third kappa shape index (κ3) is 7.38. The molecule has 1 unspecified atom stereocenters. The Bertz CT molecular complexity index is 857. The van der Waals surface area contributed by atoms with Gasteiger partial charge in [-0.05, 0) is 43.0 Å². The maximum absolute atomic E-state index is 12.3. The molecule has 0 aromatic carbocycles. The van der Waals surface area contributed by atoms with Gasteiger partial charge in [0.1, 0.15) is 6.04 Å². The summed E-state index contributed by atoms with van der Waals surface area (Å²) in [5, 5.41) is 8.62. The van der Waals surface area contributed by atoms with Gasteiger partial charge in [0.2, 0.25) is 5.91 Å². The maximum atomic E-state index is 12.3. The van der Waals surface area contributed by atoms with Crippen molar-refractivity contribution in [2.75, 3.05) is 13.7 Å². The maximum Gasteiger partial charge on any atom is 0.328 e. The van der Waals surface area contributed by atoms with Gasteiger partial charge in [-0.15, -0.1) is 5.11 Å². The fourth-order valence-electron chi connectivity index (χ4n) is 2.67. The molecule has 0 saturated carbocycles. The molecule has 0 fully saturated rings. The van der Waals surface area contributed by atoms with Gasteiger partial charge in [0.15, 0.2) is 5.82 Å². The highest BCUT2D eigenvalue weighted by molar-refractivity contribution is 5.96. The second-order valence-electron chi connectivity index (χ2n) is 6.45. The van der Waals surface area contributed by atoms with Crippen LogP contribution in [-0.4, -0.2) is 47.4 Å². The topological polar surface area (TPSA) is 146 Å². The van der Waals surface area contributed by atoms with E-state index in [1.165, 1.54) is 25.4 Å². The molecule has 158 valence electrons. The number of hydrogen-bond donors (Lipinski definition) is 3. The lowest BCUT2D eigenvalue weighted by Crippen LogP contribution is -2.41. The summed E-state index contributed by atoms with van der Waals surface area (Å²) in [6.07, 6.45) is 6.45. The number of hydrogen-bond acceptors (Lipinski definition) is 8. The van der Waals surface area contributed by atoms with Gasteiger partial charge in [0.05, 0.1) is 19.1 Å². The molecule has 1 atom stereocenters. The molecule has 0 spiro atoms. The lowest BCUT2D eigenvalue weighted by molar-refractivity contribution is -0.143. The Kier molecular flexibility index (Phi) is 9.04. The van der Waals surface area contributed by atoms with Crippen molar-refractivity contribution >= 4 is 23.6 Å². The first-order chi connectivity index (χ1) is 14.5. The van der Waals surface area contributed by atoms with Gasteiger partial charge < -0.3 is 15.4 Å². The first-order valence-electron chi connectivity index (χ1n) is 9.41. The summed E-state index contributed by atoms with van der Waals surface area (Å²) < 4.78 is 4.76. The molecule has 2 aromatic heterocycles. The lowest BCUT2D eigenvalue weighted by Gasteiger charge is -2.16. The van der Waals surface area contributed by atoms with Gasteiger partial charge in [-0.3, -0.25) is 14.6 Å². The minimum absolute atomic E-state index is 0.101. The number of aromatic nitrogens is 2. The first-order valence-corrected chi connectivity index (χ1v) is 9.41. The summed E-state index contributed by atoms with van der Waals surface area (Å²) in [6, 6.07) is 5.71. The van der Waals surface area contributed by atoms with E-state index in [1.807, 2.05) is 6.07 Å². The van der Waals surface area contributed by atoms with E-state index in [0.29, 0.717) is 25.8 Å². The van der Waals surface area contributed by atoms with Crippen LogP contribution in [0.2, 0.25) is 0 Å². The number of carbonyl (C=O) groups is 3. The van der Waals surface area contributed by atoms with E-state index in [0.717, 1.165) is 5.56 Å². The number of nitrogens with zero attached hydrogens (tertiary/aromatic N) is 3. The average molecular weight is 412 g/mol. The first kappa shape index (κ1) is 22.6. The fraction of sp³-hybridized carbons (Fsp3) is 0.350. The molecule has 3 N–H and O–H groups in total. The largest absolute Gasteiger partial charge is 0.467 e. The summed E-state index contributed by atoms with van der Waals surface area (Å²) >= 11 is 0. The van der Waals surface area contributed by atoms with E-state index in [4.69, 9.17) is 10.3 Å². The molecule has 0 saturated heterocycles. The zero-order valence-corrected chi connectivity index (χ0v) is 16.6. The van der Waals surface area contributed by atoms with Crippen molar-refractivity contribution in [3.05, 3.63) is 54.0 Å². The molecule has 2 amide bonds. The summed E-state index contributed by atoms with van der Waals surface area (Å²) in [7, 11) is 1.26. The van der Waals surface area contributed by atoms with Crippen molar-refractivity contribution in [2.24, 2.45) is 5.11 Å². The van der Waals surface area contributed by atoms with Gasteiger partial charge in [-0.25, -0.2) is 15.3 Å². The van der Waals surface area contributed by atoms with E-state index < -0.39 is 17.9 Å².